The second-order valence-corrected chi connectivity index (χ2v) is 5.19. The molecule has 0 saturated heterocycles. The summed E-state index contributed by atoms with van der Waals surface area (Å²) in [6.07, 6.45) is 0.394. The van der Waals surface area contributed by atoms with Gasteiger partial charge in [0.1, 0.15) is 5.78 Å². The molecule has 1 N–H and O–H groups in total. The summed E-state index contributed by atoms with van der Waals surface area (Å²) in [5.74, 6) is -1.37. The molecular formula is C13H20O4. The van der Waals surface area contributed by atoms with Crippen molar-refractivity contribution in [2.75, 3.05) is 0 Å². The average molecular weight is 240 g/mol. The van der Waals surface area contributed by atoms with Crippen molar-refractivity contribution in [2.45, 2.75) is 47.5 Å². The third kappa shape index (κ3) is 4.93. The topological polar surface area (TPSA) is 71.4 Å². The van der Waals surface area contributed by atoms with Crippen molar-refractivity contribution in [3.63, 3.8) is 0 Å². The molecule has 0 bridgehead atoms. The largest absolute Gasteiger partial charge is 0.478 e. The molecule has 0 aliphatic carbocycles. The Bertz CT molecular complexity index is 369. The summed E-state index contributed by atoms with van der Waals surface area (Å²) < 4.78 is 0. The maximum Gasteiger partial charge on any atom is 0.331 e. The molecule has 0 fully saturated rings. The lowest BCUT2D eigenvalue weighted by molar-refractivity contribution is -0.133. The molecule has 4 heteroatoms. The molecule has 0 atom stereocenters. The van der Waals surface area contributed by atoms with Crippen LogP contribution in [-0.2, 0) is 14.4 Å². The fourth-order valence-electron chi connectivity index (χ4n) is 1.35. The zero-order valence-corrected chi connectivity index (χ0v) is 11.1. The predicted molar refractivity (Wildman–Crippen MR) is 64.7 cm³/mol. The first kappa shape index (κ1) is 15.6. The van der Waals surface area contributed by atoms with Gasteiger partial charge in [-0.05, 0) is 20.3 Å². The number of carboxylic acid groups (broad SMARTS) is 1. The number of rotatable bonds is 5. The molecular weight excluding hydrogens is 220 g/mol. The van der Waals surface area contributed by atoms with Crippen LogP contribution in [-0.4, -0.2) is 22.6 Å². The highest BCUT2D eigenvalue weighted by Gasteiger charge is 2.27. The Morgan fingerprint density at radius 2 is 1.47 bits per heavy atom. The Hall–Kier alpha value is -1.45. The van der Waals surface area contributed by atoms with Gasteiger partial charge in [0, 0.05) is 23.0 Å². The number of hydrogen-bond donors (Lipinski definition) is 1. The normalized spacial score (nSPS) is 13.0. The first-order chi connectivity index (χ1) is 7.57. The standard InChI is InChI=1S/C13H20O4/c1-8(14)6-7-10(9(2)12(16)17)11(15)13(3,4)5/h6-7H2,1-5H3,(H,16,17)/b10-9-. The fraction of sp³-hybridized carbons (Fsp3) is 0.615. The lowest BCUT2D eigenvalue weighted by Crippen LogP contribution is -2.24. The molecule has 0 aromatic rings. The summed E-state index contributed by atoms with van der Waals surface area (Å²) in [6, 6.07) is 0. The van der Waals surface area contributed by atoms with Gasteiger partial charge in [-0.1, -0.05) is 20.8 Å². The summed E-state index contributed by atoms with van der Waals surface area (Å²) in [4.78, 5) is 33.9. The van der Waals surface area contributed by atoms with Crippen molar-refractivity contribution in [1.29, 1.82) is 0 Å². The number of ketones is 2. The molecule has 0 spiro atoms. The Morgan fingerprint density at radius 1 is 1.00 bits per heavy atom. The van der Waals surface area contributed by atoms with Crippen molar-refractivity contribution in [3.05, 3.63) is 11.1 Å². The van der Waals surface area contributed by atoms with Crippen LogP contribution in [0.25, 0.3) is 0 Å². The number of carbonyl (C=O) groups excluding carboxylic acids is 2. The van der Waals surface area contributed by atoms with Crippen LogP contribution in [0.1, 0.15) is 47.5 Å². The molecule has 0 amide bonds. The molecule has 0 rings (SSSR count). The number of carboxylic acids is 1. The van der Waals surface area contributed by atoms with Gasteiger partial charge in [-0.3, -0.25) is 4.79 Å². The quantitative estimate of drug-likeness (QED) is 0.749. The Kier molecular flexibility index (Phi) is 5.26. The summed E-state index contributed by atoms with van der Waals surface area (Å²) in [5.41, 5.74) is -0.352. The predicted octanol–water partition coefficient (Wildman–Crippen LogP) is 2.37. The lowest BCUT2D eigenvalue weighted by Gasteiger charge is -2.20. The molecule has 17 heavy (non-hydrogen) atoms. The SMILES string of the molecule is CC(=O)CC/C(C(=O)C(C)(C)C)=C(\C)C(=O)O. The minimum Gasteiger partial charge on any atom is -0.478 e. The molecule has 4 nitrogen and oxygen atoms in total. The Morgan fingerprint density at radius 3 is 1.76 bits per heavy atom. The van der Waals surface area contributed by atoms with E-state index in [1.807, 2.05) is 0 Å². The zero-order chi connectivity index (χ0) is 13.8. The highest BCUT2D eigenvalue weighted by molar-refractivity contribution is 6.05. The molecule has 0 unspecified atom stereocenters. The third-order valence-electron chi connectivity index (χ3n) is 2.46. The molecule has 0 aliphatic rings. The second-order valence-electron chi connectivity index (χ2n) is 5.19. The van der Waals surface area contributed by atoms with Crippen LogP contribution >= 0.6 is 0 Å². The van der Waals surface area contributed by atoms with Crippen LogP contribution in [0.2, 0.25) is 0 Å². The van der Waals surface area contributed by atoms with Crippen molar-refractivity contribution < 1.29 is 19.5 Å². The summed E-state index contributed by atoms with van der Waals surface area (Å²) in [7, 11) is 0. The summed E-state index contributed by atoms with van der Waals surface area (Å²) in [5, 5.41) is 8.94. The molecule has 0 aliphatic heterocycles. The third-order valence-corrected chi connectivity index (χ3v) is 2.46. The summed E-state index contributed by atoms with van der Waals surface area (Å²) >= 11 is 0. The molecule has 0 radical (unpaired) electrons. The van der Waals surface area contributed by atoms with Gasteiger partial charge in [0.25, 0.3) is 0 Å². The van der Waals surface area contributed by atoms with E-state index in [4.69, 9.17) is 5.11 Å². The van der Waals surface area contributed by atoms with Crippen LogP contribution in [0.5, 0.6) is 0 Å². The van der Waals surface area contributed by atoms with Crippen molar-refractivity contribution in [2.24, 2.45) is 5.41 Å². The highest BCUT2D eigenvalue weighted by Crippen LogP contribution is 2.25. The van der Waals surface area contributed by atoms with Gasteiger partial charge in [-0.2, -0.15) is 0 Å². The van der Waals surface area contributed by atoms with E-state index in [0.717, 1.165) is 0 Å². The van der Waals surface area contributed by atoms with E-state index >= 15 is 0 Å². The van der Waals surface area contributed by atoms with E-state index in [-0.39, 0.29) is 35.6 Å². The van der Waals surface area contributed by atoms with Gasteiger partial charge in [-0.25, -0.2) is 4.79 Å². The maximum atomic E-state index is 12.1. The van der Waals surface area contributed by atoms with Crippen LogP contribution in [0.15, 0.2) is 11.1 Å². The maximum absolute atomic E-state index is 12.1. The summed E-state index contributed by atoms with van der Waals surface area (Å²) in [6.45, 7) is 8.03. The van der Waals surface area contributed by atoms with Crippen molar-refractivity contribution in [1.82, 2.24) is 0 Å². The van der Waals surface area contributed by atoms with Gasteiger partial charge < -0.3 is 9.90 Å². The van der Waals surface area contributed by atoms with Crippen LogP contribution < -0.4 is 0 Å². The first-order valence-electron chi connectivity index (χ1n) is 5.54. The molecule has 0 saturated carbocycles. The Labute approximate surface area is 102 Å². The highest BCUT2D eigenvalue weighted by atomic mass is 16.4. The van der Waals surface area contributed by atoms with E-state index in [9.17, 15) is 14.4 Å². The number of aliphatic carboxylic acids is 1. The van der Waals surface area contributed by atoms with Crippen molar-refractivity contribution >= 4 is 17.5 Å². The zero-order valence-electron chi connectivity index (χ0n) is 11.1. The fourth-order valence-corrected chi connectivity index (χ4v) is 1.35. The molecule has 96 valence electrons. The first-order valence-corrected chi connectivity index (χ1v) is 5.54. The van der Waals surface area contributed by atoms with Crippen LogP contribution in [0.3, 0.4) is 0 Å². The van der Waals surface area contributed by atoms with Crippen LogP contribution in [0.4, 0.5) is 0 Å². The lowest BCUT2D eigenvalue weighted by atomic mass is 9.82. The smallest absolute Gasteiger partial charge is 0.331 e. The van der Waals surface area contributed by atoms with E-state index < -0.39 is 11.4 Å². The minimum atomic E-state index is -1.11. The van der Waals surface area contributed by atoms with E-state index in [1.54, 1.807) is 20.8 Å². The number of carbonyl (C=O) groups is 3. The molecule has 0 aromatic heterocycles. The minimum absolute atomic E-state index is 0.0335. The van der Waals surface area contributed by atoms with E-state index in [0.29, 0.717) is 0 Å². The van der Waals surface area contributed by atoms with Gasteiger partial charge in [0.2, 0.25) is 0 Å². The molecule has 0 heterocycles. The van der Waals surface area contributed by atoms with Crippen LogP contribution in [0, 0.1) is 5.41 Å². The number of allylic oxidation sites excluding steroid dienone is 1. The monoisotopic (exact) mass is 240 g/mol. The van der Waals surface area contributed by atoms with E-state index in [1.165, 1.54) is 13.8 Å². The number of Topliss-reactive ketones (excluding diaryl/α,β-unsaturated/α-hetero) is 2. The molecule has 0 aromatic carbocycles. The van der Waals surface area contributed by atoms with Gasteiger partial charge in [0.05, 0.1) is 0 Å². The average Bonchev–Trinajstić information content (AvgIpc) is 2.15. The van der Waals surface area contributed by atoms with Gasteiger partial charge >= 0.3 is 5.97 Å². The van der Waals surface area contributed by atoms with Gasteiger partial charge in [-0.15, -0.1) is 0 Å². The van der Waals surface area contributed by atoms with Crippen molar-refractivity contribution in [3.8, 4) is 0 Å². The Balaban J connectivity index is 5.28. The van der Waals surface area contributed by atoms with E-state index in [2.05, 4.69) is 0 Å². The second kappa shape index (κ2) is 5.75. The number of hydrogen-bond acceptors (Lipinski definition) is 3. The van der Waals surface area contributed by atoms with Gasteiger partial charge in [0.15, 0.2) is 5.78 Å².